The van der Waals surface area contributed by atoms with Crippen LogP contribution < -0.4 is 10.2 Å². The van der Waals surface area contributed by atoms with Gasteiger partial charge in [-0.15, -0.1) is 0 Å². The lowest BCUT2D eigenvalue weighted by molar-refractivity contribution is -0.384. The molecular formula is C16H10BrN3O6. The number of hydrogen-bond donors (Lipinski definition) is 1. The fraction of sp³-hybridized carbons (Fsp3) is 0.0625. The highest BCUT2D eigenvalue weighted by molar-refractivity contribution is 9.10. The van der Waals surface area contributed by atoms with Gasteiger partial charge < -0.3 is 4.74 Å². The van der Waals surface area contributed by atoms with E-state index in [1.54, 1.807) is 24.3 Å². The van der Waals surface area contributed by atoms with Crippen molar-refractivity contribution in [1.29, 1.82) is 0 Å². The summed E-state index contributed by atoms with van der Waals surface area (Å²) in [7, 11) is 0. The number of hydrazine groups is 1. The van der Waals surface area contributed by atoms with E-state index in [1.165, 1.54) is 6.07 Å². The number of ether oxygens (including phenoxy) is 1. The van der Waals surface area contributed by atoms with Crippen LogP contribution in [0.15, 0.2) is 46.9 Å². The number of benzene rings is 2. The van der Waals surface area contributed by atoms with Crippen LogP contribution in [-0.4, -0.2) is 34.3 Å². The maximum Gasteiger partial charge on any atom is 0.280 e. The van der Waals surface area contributed by atoms with Crippen LogP contribution >= 0.6 is 15.9 Å². The van der Waals surface area contributed by atoms with Crippen LogP contribution in [0.1, 0.15) is 20.7 Å². The normalized spacial score (nSPS) is 12.7. The number of carbonyl (C=O) groups is 3. The molecule has 0 fully saturated rings. The Hall–Kier alpha value is -3.27. The van der Waals surface area contributed by atoms with Crippen molar-refractivity contribution < 1.29 is 24.0 Å². The number of amides is 3. The van der Waals surface area contributed by atoms with Crippen LogP contribution in [0.25, 0.3) is 0 Å². The zero-order valence-electron chi connectivity index (χ0n) is 13.0. The fourth-order valence-electron chi connectivity index (χ4n) is 2.31. The summed E-state index contributed by atoms with van der Waals surface area (Å²) in [6, 6.07) is 10.1. The van der Waals surface area contributed by atoms with Crippen LogP contribution in [-0.2, 0) is 4.79 Å². The maximum absolute atomic E-state index is 12.3. The Kier molecular flexibility index (Phi) is 4.67. The van der Waals surface area contributed by atoms with Gasteiger partial charge >= 0.3 is 0 Å². The summed E-state index contributed by atoms with van der Waals surface area (Å²) in [6.07, 6.45) is 0. The molecule has 1 aliphatic rings. The smallest absolute Gasteiger partial charge is 0.280 e. The highest BCUT2D eigenvalue weighted by Crippen LogP contribution is 2.26. The van der Waals surface area contributed by atoms with Crippen LogP contribution in [0.4, 0.5) is 5.69 Å². The number of non-ortho nitro benzene ring substituents is 1. The first-order valence-corrected chi connectivity index (χ1v) is 8.02. The molecule has 1 aliphatic heterocycles. The number of hydrogen-bond acceptors (Lipinski definition) is 6. The molecule has 0 saturated carbocycles. The van der Waals surface area contributed by atoms with E-state index in [9.17, 15) is 24.5 Å². The second-order valence-corrected chi connectivity index (χ2v) is 6.04. The molecule has 0 spiro atoms. The molecule has 132 valence electrons. The molecule has 0 atom stereocenters. The lowest BCUT2D eigenvalue weighted by Crippen LogP contribution is -2.47. The summed E-state index contributed by atoms with van der Waals surface area (Å²) < 4.78 is 5.95. The minimum absolute atomic E-state index is 0.0207. The maximum atomic E-state index is 12.3. The summed E-state index contributed by atoms with van der Waals surface area (Å²) in [6.45, 7) is -0.434. The van der Waals surface area contributed by atoms with Crippen molar-refractivity contribution in [3.63, 3.8) is 0 Å². The summed E-state index contributed by atoms with van der Waals surface area (Å²) in [5.41, 5.74) is 1.66. The van der Waals surface area contributed by atoms with Crippen molar-refractivity contribution in [3.05, 3.63) is 68.2 Å². The van der Waals surface area contributed by atoms with Crippen molar-refractivity contribution >= 4 is 39.3 Å². The Bertz CT molecular complexity index is 945. The topological polar surface area (TPSA) is 119 Å². The molecule has 0 bridgehead atoms. The molecular weight excluding hydrogens is 410 g/mol. The molecule has 0 radical (unpaired) electrons. The van der Waals surface area contributed by atoms with Gasteiger partial charge in [-0.2, -0.15) is 5.01 Å². The first-order chi connectivity index (χ1) is 12.4. The molecule has 9 nitrogen and oxygen atoms in total. The number of rotatable bonds is 5. The van der Waals surface area contributed by atoms with Gasteiger partial charge in [0, 0.05) is 12.1 Å². The van der Waals surface area contributed by atoms with Crippen molar-refractivity contribution in [2.75, 3.05) is 6.61 Å². The highest BCUT2D eigenvalue weighted by atomic mass is 79.9. The van der Waals surface area contributed by atoms with E-state index in [0.717, 1.165) is 12.1 Å². The number of imide groups is 1. The second kappa shape index (κ2) is 6.92. The number of nitrogens with zero attached hydrogens (tertiary/aromatic N) is 2. The number of para-hydroxylation sites is 1. The summed E-state index contributed by atoms with van der Waals surface area (Å²) in [5.74, 6) is -1.93. The van der Waals surface area contributed by atoms with Gasteiger partial charge in [-0.05, 0) is 34.1 Å². The minimum Gasteiger partial charge on any atom is -0.483 e. The number of halogens is 1. The fourth-order valence-corrected chi connectivity index (χ4v) is 2.71. The van der Waals surface area contributed by atoms with E-state index >= 15 is 0 Å². The van der Waals surface area contributed by atoms with E-state index in [-0.39, 0.29) is 16.8 Å². The number of nitrogens with one attached hydrogen (secondary N) is 1. The molecule has 2 aromatic rings. The van der Waals surface area contributed by atoms with Gasteiger partial charge in [-0.1, -0.05) is 12.1 Å². The van der Waals surface area contributed by atoms with E-state index in [1.807, 2.05) is 0 Å². The SMILES string of the molecule is O=C(COc1ccccc1Br)NN1C(=O)c2ccc([N+](=O)[O-])cc2C1=O. The molecule has 1 N–H and O–H groups in total. The van der Waals surface area contributed by atoms with Crippen molar-refractivity contribution in [2.24, 2.45) is 0 Å². The van der Waals surface area contributed by atoms with Crippen LogP contribution in [0.5, 0.6) is 5.75 Å². The lowest BCUT2D eigenvalue weighted by Gasteiger charge is -2.15. The van der Waals surface area contributed by atoms with Gasteiger partial charge in [-0.25, -0.2) is 0 Å². The van der Waals surface area contributed by atoms with Crippen LogP contribution in [0, 0.1) is 10.1 Å². The molecule has 3 amide bonds. The molecule has 1 heterocycles. The van der Waals surface area contributed by atoms with E-state index < -0.39 is 29.3 Å². The molecule has 26 heavy (non-hydrogen) atoms. The average Bonchev–Trinajstić information content (AvgIpc) is 2.85. The summed E-state index contributed by atoms with van der Waals surface area (Å²) in [5, 5.41) is 11.3. The van der Waals surface area contributed by atoms with E-state index in [4.69, 9.17) is 4.74 Å². The molecule has 10 heteroatoms. The quantitative estimate of drug-likeness (QED) is 0.450. The monoisotopic (exact) mass is 419 g/mol. The van der Waals surface area contributed by atoms with Gasteiger partial charge in [0.2, 0.25) is 0 Å². The Morgan fingerprint density at radius 1 is 1.15 bits per heavy atom. The minimum atomic E-state index is -0.844. The third kappa shape index (κ3) is 3.26. The first-order valence-electron chi connectivity index (χ1n) is 7.22. The number of carbonyl (C=O) groups excluding carboxylic acids is 3. The molecule has 0 aromatic heterocycles. The zero-order chi connectivity index (χ0) is 18.8. The third-order valence-electron chi connectivity index (χ3n) is 3.51. The van der Waals surface area contributed by atoms with E-state index in [2.05, 4.69) is 21.4 Å². The van der Waals surface area contributed by atoms with Gasteiger partial charge in [0.15, 0.2) is 6.61 Å². The molecule has 0 aliphatic carbocycles. The van der Waals surface area contributed by atoms with Crippen LogP contribution in [0.2, 0.25) is 0 Å². The first kappa shape index (κ1) is 17.5. The average molecular weight is 420 g/mol. The lowest BCUT2D eigenvalue weighted by atomic mass is 10.1. The van der Waals surface area contributed by atoms with Crippen molar-refractivity contribution in [3.8, 4) is 5.75 Å². The Balaban J connectivity index is 1.69. The molecule has 3 rings (SSSR count). The molecule has 2 aromatic carbocycles. The Morgan fingerprint density at radius 3 is 2.54 bits per heavy atom. The van der Waals surface area contributed by atoms with Crippen LogP contribution in [0.3, 0.4) is 0 Å². The van der Waals surface area contributed by atoms with Gasteiger partial charge in [0.1, 0.15) is 5.75 Å². The molecule has 0 unspecified atom stereocenters. The van der Waals surface area contributed by atoms with Gasteiger partial charge in [0.05, 0.1) is 20.5 Å². The van der Waals surface area contributed by atoms with Crippen molar-refractivity contribution in [1.82, 2.24) is 10.4 Å². The predicted octanol–water partition coefficient (Wildman–Crippen LogP) is 2.06. The largest absolute Gasteiger partial charge is 0.483 e. The van der Waals surface area contributed by atoms with Gasteiger partial charge in [0.25, 0.3) is 23.4 Å². The Labute approximate surface area is 154 Å². The van der Waals surface area contributed by atoms with Gasteiger partial charge in [-0.3, -0.25) is 29.9 Å². The standard InChI is InChI=1S/C16H10BrN3O6/c17-12-3-1-2-4-13(12)26-8-14(21)18-19-15(22)10-6-5-9(20(24)25)7-11(10)16(19)23/h1-7H,8H2,(H,18,21). The Morgan fingerprint density at radius 2 is 1.85 bits per heavy atom. The predicted molar refractivity (Wildman–Crippen MR) is 91.4 cm³/mol. The number of fused-ring (bicyclic) bond motifs is 1. The number of nitro groups is 1. The highest BCUT2D eigenvalue weighted by Gasteiger charge is 2.38. The zero-order valence-corrected chi connectivity index (χ0v) is 14.6. The van der Waals surface area contributed by atoms with E-state index in [0.29, 0.717) is 15.2 Å². The van der Waals surface area contributed by atoms with Crippen molar-refractivity contribution in [2.45, 2.75) is 0 Å². The summed E-state index contributed by atoms with van der Waals surface area (Å²) >= 11 is 3.26. The second-order valence-electron chi connectivity index (χ2n) is 5.19. The summed E-state index contributed by atoms with van der Waals surface area (Å²) in [4.78, 5) is 46.6. The third-order valence-corrected chi connectivity index (χ3v) is 4.17. The molecule has 0 saturated heterocycles. The number of nitro benzene ring substituents is 1.